The zero-order chi connectivity index (χ0) is 16.6. The monoisotopic (exact) mass is 338 g/mol. The van der Waals surface area contributed by atoms with E-state index in [4.69, 9.17) is 5.11 Å². The van der Waals surface area contributed by atoms with Crippen LogP contribution in [0.2, 0.25) is 0 Å². The standard InChI is InChI=1S/C16H32N2O4.Na/c1-2-3-4-5-6-7-8-9-15(20)17-10-11-18(12-13-19)14-16(21)22;/h19H,2-14H2,1H3,(H,17,20)(H,21,22);/q;+1/p-1. The van der Waals surface area contributed by atoms with Crippen molar-refractivity contribution in [1.29, 1.82) is 0 Å². The third kappa shape index (κ3) is 18.0. The van der Waals surface area contributed by atoms with Gasteiger partial charge in [-0.1, -0.05) is 45.4 Å². The van der Waals surface area contributed by atoms with E-state index in [2.05, 4.69) is 12.2 Å². The number of aliphatic hydroxyl groups is 1. The zero-order valence-corrected chi connectivity index (χ0v) is 16.8. The number of unbranched alkanes of at least 4 members (excludes halogenated alkanes) is 6. The van der Waals surface area contributed by atoms with Gasteiger partial charge in [0.05, 0.1) is 12.6 Å². The number of aliphatic carboxylic acids is 1. The Hall–Kier alpha value is -0.140. The van der Waals surface area contributed by atoms with Gasteiger partial charge in [0.2, 0.25) is 5.91 Å². The first kappa shape index (κ1) is 25.1. The minimum atomic E-state index is -1.18. The first-order chi connectivity index (χ1) is 10.6. The van der Waals surface area contributed by atoms with Gasteiger partial charge in [0.25, 0.3) is 0 Å². The zero-order valence-electron chi connectivity index (χ0n) is 14.8. The van der Waals surface area contributed by atoms with Crippen molar-refractivity contribution in [3.05, 3.63) is 0 Å². The first-order valence-electron chi connectivity index (χ1n) is 8.40. The van der Waals surface area contributed by atoms with Gasteiger partial charge in [0.1, 0.15) is 0 Å². The van der Waals surface area contributed by atoms with Crippen molar-refractivity contribution in [2.24, 2.45) is 0 Å². The molecule has 23 heavy (non-hydrogen) atoms. The normalized spacial score (nSPS) is 10.4. The van der Waals surface area contributed by atoms with Crippen molar-refractivity contribution in [3.8, 4) is 0 Å². The fraction of sp³-hybridized carbons (Fsp3) is 0.875. The molecule has 0 saturated carbocycles. The maximum absolute atomic E-state index is 11.6. The summed E-state index contributed by atoms with van der Waals surface area (Å²) in [4.78, 5) is 23.7. The van der Waals surface area contributed by atoms with Gasteiger partial charge < -0.3 is 20.3 Å². The number of nitrogens with one attached hydrogen (secondary N) is 1. The molecule has 1 amide bonds. The number of rotatable bonds is 15. The van der Waals surface area contributed by atoms with Crippen LogP contribution in [0.5, 0.6) is 0 Å². The molecular weight excluding hydrogens is 307 g/mol. The second kappa shape index (κ2) is 18.2. The van der Waals surface area contributed by atoms with Gasteiger partial charge in [-0.3, -0.25) is 9.69 Å². The fourth-order valence-electron chi connectivity index (χ4n) is 2.28. The van der Waals surface area contributed by atoms with Gasteiger partial charge in [0.15, 0.2) is 0 Å². The average molecular weight is 338 g/mol. The number of nitrogens with zero attached hydrogens (tertiary/aromatic N) is 1. The van der Waals surface area contributed by atoms with Gasteiger partial charge in [-0.05, 0) is 6.42 Å². The van der Waals surface area contributed by atoms with Gasteiger partial charge in [-0.25, -0.2) is 0 Å². The second-order valence-corrected chi connectivity index (χ2v) is 5.59. The summed E-state index contributed by atoms with van der Waals surface area (Å²) in [6.45, 7) is 2.91. The molecule has 0 aliphatic heterocycles. The van der Waals surface area contributed by atoms with E-state index < -0.39 is 5.97 Å². The molecule has 0 bridgehead atoms. The molecule has 0 saturated heterocycles. The van der Waals surface area contributed by atoms with Crippen LogP contribution in [-0.4, -0.2) is 54.7 Å². The summed E-state index contributed by atoms with van der Waals surface area (Å²) in [5.74, 6) is -1.17. The Kier molecular flexibility index (Phi) is 19.9. The fourth-order valence-corrected chi connectivity index (χ4v) is 2.28. The number of carbonyl (C=O) groups is 2. The Morgan fingerprint density at radius 1 is 1.04 bits per heavy atom. The van der Waals surface area contributed by atoms with Crippen molar-refractivity contribution in [1.82, 2.24) is 10.2 Å². The van der Waals surface area contributed by atoms with Crippen LogP contribution >= 0.6 is 0 Å². The molecule has 0 aliphatic carbocycles. The molecule has 0 fully saturated rings. The van der Waals surface area contributed by atoms with E-state index in [1.54, 1.807) is 4.90 Å². The van der Waals surface area contributed by atoms with Crippen LogP contribution in [0, 0.1) is 0 Å². The molecule has 0 radical (unpaired) electrons. The van der Waals surface area contributed by atoms with Crippen molar-refractivity contribution in [2.75, 3.05) is 32.8 Å². The molecule has 2 N–H and O–H groups in total. The van der Waals surface area contributed by atoms with Crippen LogP contribution in [0.1, 0.15) is 58.3 Å². The summed E-state index contributed by atoms with van der Waals surface area (Å²) in [6.07, 6.45) is 8.74. The third-order valence-electron chi connectivity index (χ3n) is 3.53. The molecule has 0 atom stereocenters. The van der Waals surface area contributed by atoms with E-state index in [0.29, 0.717) is 19.5 Å². The topological polar surface area (TPSA) is 92.7 Å². The maximum Gasteiger partial charge on any atom is 1.00 e. The summed E-state index contributed by atoms with van der Waals surface area (Å²) in [6, 6.07) is 0. The number of hydrogen-bond acceptors (Lipinski definition) is 5. The maximum atomic E-state index is 11.6. The van der Waals surface area contributed by atoms with Crippen molar-refractivity contribution < 1.29 is 49.4 Å². The van der Waals surface area contributed by atoms with Gasteiger partial charge in [-0.15, -0.1) is 0 Å². The Balaban J connectivity index is 0. The molecule has 0 aromatic rings. The van der Waals surface area contributed by atoms with Crippen LogP contribution in [0.3, 0.4) is 0 Å². The number of aliphatic hydroxyl groups excluding tert-OH is 1. The average Bonchev–Trinajstić information content (AvgIpc) is 2.46. The van der Waals surface area contributed by atoms with Crippen LogP contribution in [0.4, 0.5) is 0 Å². The molecule has 0 rings (SSSR count). The van der Waals surface area contributed by atoms with E-state index in [1.807, 2.05) is 0 Å². The number of carbonyl (C=O) groups excluding carboxylic acids is 2. The summed E-state index contributed by atoms with van der Waals surface area (Å²) < 4.78 is 0. The first-order valence-corrected chi connectivity index (χ1v) is 8.40. The molecule has 0 aromatic heterocycles. The largest absolute Gasteiger partial charge is 1.00 e. The number of carboxylic acids is 1. The molecule has 130 valence electrons. The van der Waals surface area contributed by atoms with Gasteiger partial charge in [-0.2, -0.15) is 0 Å². The molecule has 0 unspecified atom stereocenters. The Morgan fingerprint density at radius 3 is 2.22 bits per heavy atom. The van der Waals surface area contributed by atoms with E-state index >= 15 is 0 Å². The second-order valence-electron chi connectivity index (χ2n) is 5.59. The Morgan fingerprint density at radius 2 is 1.65 bits per heavy atom. The predicted molar refractivity (Wildman–Crippen MR) is 84.2 cm³/mol. The number of hydrogen-bond donors (Lipinski definition) is 2. The quantitative estimate of drug-likeness (QED) is 0.250. The predicted octanol–water partition coefficient (Wildman–Crippen LogP) is -2.71. The molecule has 6 nitrogen and oxygen atoms in total. The van der Waals surface area contributed by atoms with Crippen molar-refractivity contribution in [3.63, 3.8) is 0 Å². The third-order valence-corrected chi connectivity index (χ3v) is 3.53. The van der Waals surface area contributed by atoms with E-state index in [-0.39, 0.29) is 55.2 Å². The van der Waals surface area contributed by atoms with Crippen LogP contribution in [-0.2, 0) is 9.59 Å². The summed E-state index contributed by atoms with van der Waals surface area (Å²) in [5, 5.41) is 22.1. The van der Waals surface area contributed by atoms with Crippen molar-refractivity contribution >= 4 is 11.9 Å². The molecule has 0 aromatic carbocycles. The Bertz CT molecular complexity index is 304. The minimum Gasteiger partial charge on any atom is -0.549 e. The smallest absolute Gasteiger partial charge is 0.549 e. The minimum absolute atomic E-state index is 0. The van der Waals surface area contributed by atoms with Crippen LogP contribution < -0.4 is 40.0 Å². The van der Waals surface area contributed by atoms with Gasteiger partial charge >= 0.3 is 29.6 Å². The Labute approximate surface area is 162 Å². The number of amides is 1. The van der Waals surface area contributed by atoms with E-state index in [1.165, 1.54) is 32.1 Å². The van der Waals surface area contributed by atoms with Gasteiger partial charge in [0, 0.05) is 32.6 Å². The summed E-state index contributed by atoms with van der Waals surface area (Å²) in [7, 11) is 0. The summed E-state index contributed by atoms with van der Waals surface area (Å²) >= 11 is 0. The van der Waals surface area contributed by atoms with E-state index in [9.17, 15) is 14.7 Å². The molecule has 7 heteroatoms. The SMILES string of the molecule is CCCCCCCCCC(=O)NCCN(CCO)CC(=O)[O-].[Na+]. The summed E-state index contributed by atoms with van der Waals surface area (Å²) in [5.41, 5.74) is 0. The van der Waals surface area contributed by atoms with Crippen LogP contribution in [0.25, 0.3) is 0 Å². The molecule has 0 spiro atoms. The molecule has 0 heterocycles. The van der Waals surface area contributed by atoms with Crippen LogP contribution in [0.15, 0.2) is 0 Å². The molecule has 0 aliphatic rings. The molecular formula is C16H31N2NaO4. The van der Waals surface area contributed by atoms with E-state index in [0.717, 1.165) is 12.8 Å². The number of carboxylic acid groups (broad SMARTS) is 1. The van der Waals surface area contributed by atoms with Crippen molar-refractivity contribution in [2.45, 2.75) is 58.3 Å².